The van der Waals surface area contributed by atoms with E-state index in [-0.39, 0.29) is 18.4 Å². The van der Waals surface area contributed by atoms with E-state index in [1.165, 1.54) is 0 Å². The number of nitrogens with zero attached hydrogens (tertiary/aromatic N) is 1. The minimum atomic E-state index is -0.832. The van der Waals surface area contributed by atoms with Gasteiger partial charge >= 0.3 is 5.97 Å². The average molecular weight is 442 g/mol. The van der Waals surface area contributed by atoms with Crippen LogP contribution in [-0.2, 0) is 11.3 Å². The van der Waals surface area contributed by atoms with Gasteiger partial charge < -0.3 is 15.7 Å². The number of anilines is 2. The summed E-state index contributed by atoms with van der Waals surface area (Å²) in [7, 11) is 1.81. The monoisotopic (exact) mass is 441 g/mol. The van der Waals surface area contributed by atoms with Crippen molar-refractivity contribution in [2.24, 2.45) is 0 Å². The van der Waals surface area contributed by atoms with Gasteiger partial charge in [-0.25, -0.2) is 0 Å². The van der Waals surface area contributed by atoms with Gasteiger partial charge in [0.15, 0.2) is 0 Å². The molecular formula is C27H27N3O3. The summed E-state index contributed by atoms with van der Waals surface area (Å²) in [4.78, 5) is 26.4. The van der Waals surface area contributed by atoms with E-state index >= 15 is 0 Å². The quantitative estimate of drug-likeness (QED) is 0.479. The Bertz CT molecular complexity index is 1190. The maximum Gasteiger partial charge on any atom is 0.305 e. The number of carboxylic acids is 1. The van der Waals surface area contributed by atoms with Crippen LogP contribution < -0.4 is 10.6 Å². The lowest BCUT2D eigenvalue weighted by atomic mass is 9.88. The van der Waals surface area contributed by atoms with Crippen molar-refractivity contribution in [3.05, 3.63) is 102 Å². The second-order valence-corrected chi connectivity index (χ2v) is 8.16. The molecule has 0 fully saturated rings. The van der Waals surface area contributed by atoms with Gasteiger partial charge in [-0.05, 0) is 46.5 Å². The first kappa shape index (κ1) is 22.3. The number of carbonyl (C=O) groups excluding carboxylic acids is 1. The van der Waals surface area contributed by atoms with Gasteiger partial charge in [0.2, 0.25) is 0 Å². The van der Waals surface area contributed by atoms with Crippen LogP contribution in [0, 0.1) is 0 Å². The van der Waals surface area contributed by atoms with Crippen LogP contribution in [0.2, 0.25) is 0 Å². The SMILES string of the molecule is C=C1CN(Cc2ccc(C(=O)Nc3ccccc3NC)cc2)C(CC(=O)O)c2ccccc21. The Morgan fingerprint density at radius 3 is 2.36 bits per heavy atom. The van der Waals surface area contributed by atoms with Gasteiger partial charge in [-0.3, -0.25) is 14.5 Å². The maximum atomic E-state index is 12.7. The topological polar surface area (TPSA) is 81.7 Å². The molecule has 1 aliphatic rings. The normalized spacial score (nSPS) is 15.5. The summed E-state index contributed by atoms with van der Waals surface area (Å²) in [5, 5.41) is 15.5. The van der Waals surface area contributed by atoms with Crippen molar-refractivity contribution in [1.29, 1.82) is 0 Å². The number of aliphatic carboxylic acids is 1. The Morgan fingerprint density at radius 2 is 1.67 bits per heavy atom. The van der Waals surface area contributed by atoms with Crippen molar-refractivity contribution in [2.45, 2.75) is 19.0 Å². The zero-order valence-corrected chi connectivity index (χ0v) is 18.5. The summed E-state index contributed by atoms with van der Waals surface area (Å²) in [5.74, 6) is -1.02. The zero-order chi connectivity index (χ0) is 23.4. The van der Waals surface area contributed by atoms with Crippen LogP contribution in [-0.4, -0.2) is 35.5 Å². The molecule has 4 rings (SSSR count). The van der Waals surface area contributed by atoms with Crippen molar-refractivity contribution < 1.29 is 14.7 Å². The molecule has 168 valence electrons. The van der Waals surface area contributed by atoms with Gasteiger partial charge in [-0.1, -0.05) is 55.1 Å². The van der Waals surface area contributed by atoms with Crippen LogP contribution in [0.1, 0.15) is 39.5 Å². The third-order valence-electron chi connectivity index (χ3n) is 5.95. The first-order chi connectivity index (χ1) is 16.0. The summed E-state index contributed by atoms with van der Waals surface area (Å²) in [6.07, 6.45) is 0.0235. The van der Waals surface area contributed by atoms with Crippen LogP contribution in [0.25, 0.3) is 5.57 Å². The predicted octanol–water partition coefficient (Wildman–Crippen LogP) is 5.03. The first-order valence-electron chi connectivity index (χ1n) is 10.9. The number of hydrogen-bond donors (Lipinski definition) is 3. The fraction of sp³-hybridized carbons (Fsp3) is 0.185. The highest BCUT2D eigenvalue weighted by Crippen LogP contribution is 2.37. The molecule has 0 saturated carbocycles. The van der Waals surface area contributed by atoms with Gasteiger partial charge in [-0.2, -0.15) is 0 Å². The van der Waals surface area contributed by atoms with E-state index in [4.69, 9.17) is 0 Å². The van der Waals surface area contributed by atoms with Crippen LogP contribution >= 0.6 is 0 Å². The smallest absolute Gasteiger partial charge is 0.305 e. The minimum absolute atomic E-state index is 0.0235. The molecule has 3 aromatic carbocycles. The van der Waals surface area contributed by atoms with E-state index in [2.05, 4.69) is 22.1 Å². The Labute approximate surface area is 193 Å². The summed E-state index contributed by atoms with van der Waals surface area (Å²) in [6, 6.07) is 22.6. The molecule has 1 atom stereocenters. The van der Waals surface area contributed by atoms with E-state index < -0.39 is 5.97 Å². The number of fused-ring (bicyclic) bond motifs is 1. The summed E-state index contributed by atoms with van der Waals surface area (Å²) < 4.78 is 0. The van der Waals surface area contributed by atoms with Crippen LogP contribution in [0.15, 0.2) is 79.4 Å². The molecule has 1 unspecified atom stereocenters. The molecule has 0 aliphatic carbocycles. The number of hydrogen-bond acceptors (Lipinski definition) is 4. The average Bonchev–Trinajstić information content (AvgIpc) is 2.82. The van der Waals surface area contributed by atoms with Crippen molar-refractivity contribution in [2.75, 3.05) is 24.2 Å². The molecule has 0 aromatic heterocycles. The molecule has 0 saturated heterocycles. The Morgan fingerprint density at radius 1 is 1.00 bits per heavy atom. The molecule has 0 bridgehead atoms. The summed E-state index contributed by atoms with van der Waals surface area (Å²) >= 11 is 0. The molecule has 6 heteroatoms. The van der Waals surface area contributed by atoms with Gasteiger partial charge in [-0.15, -0.1) is 0 Å². The van der Waals surface area contributed by atoms with Crippen molar-refractivity contribution >= 4 is 28.8 Å². The highest BCUT2D eigenvalue weighted by atomic mass is 16.4. The van der Waals surface area contributed by atoms with Crippen molar-refractivity contribution in [3.63, 3.8) is 0 Å². The number of amides is 1. The molecule has 0 radical (unpaired) electrons. The second kappa shape index (κ2) is 9.71. The Balaban J connectivity index is 1.50. The van der Waals surface area contributed by atoms with E-state index in [0.29, 0.717) is 18.7 Å². The van der Waals surface area contributed by atoms with Gasteiger partial charge in [0.1, 0.15) is 0 Å². The zero-order valence-electron chi connectivity index (χ0n) is 18.5. The fourth-order valence-electron chi connectivity index (χ4n) is 4.32. The lowest BCUT2D eigenvalue weighted by Gasteiger charge is -2.37. The van der Waals surface area contributed by atoms with Crippen LogP contribution in [0.4, 0.5) is 11.4 Å². The lowest BCUT2D eigenvalue weighted by molar-refractivity contribution is -0.138. The molecule has 3 aromatic rings. The van der Waals surface area contributed by atoms with Gasteiger partial charge in [0.05, 0.1) is 17.8 Å². The first-order valence-corrected chi connectivity index (χ1v) is 10.9. The van der Waals surface area contributed by atoms with E-state index in [1.54, 1.807) is 12.1 Å². The van der Waals surface area contributed by atoms with Gasteiger partial charge in [0.25, 0.3) is 5.91 Å². The molecule has 6 nitrogen and oxygen atoms in total. The molecule has 3 N–H and O–H groups in total. The van der Waals surface area contributed by atoms with Crippen LogP contribution in [0.3, 0.4) is 0 Å². The van der Waals surface area contributed by atoms with Crippen molar-refractivity contribution in [3.8, 4) is 0 Å². The number of benzene rings is 3. The fourth-order valence-corrected chi connectivity index (χ4v) is 4.32. The second-order valence-electron chi connectivity index (χ2n) is 8.16. The number of carbonyl (C=O) groups is 2. The summed E-state index contributed by atoms with van der Waals surface area (Å²) in [5.41, 5.74) is 6.13. The third kappa shape index (κ3) is 4.96. The predicted molar refractivity (Wildman–Crippen MR) is 131 cm³/mol. The number of rotatable bonds is 7. The number of carboxylic acid groups (broad SMARTS) is 1. The van der Waals surface area contributed by atoms with E-state index in [9.17, 15) is 14.7 Å². The Kier molecular flexibility index (Phi) is 6.56. The minimum Gasteiger partial charge on any atom is -0.481 e. The summed E-state index contributed by atoms with van der Waals surface area (Å²) in [6.45, 7) is 5.37. The molecule has 1 amide bonds. The molecule has 1 heterocycles. The number of para-hydroxylation sites is 2. The number of nitrogens with one attached hydrogen (secondary N) is 2. The lowest BCUT2D eigenvalue weighted by Crippen LogP contribution is -2.35. The van der Waals surface area contributed by atoms with Crippen LogP contribution in [0.5, 0.6) is 0 Å². The molecule has 1 aliphatic heterocycles. The maximum absolute atomic E-state index is 12.7. The van der Waals surface area contributed by atoms with E-state index in [1.807, 2.05) is 67.7 Å². The van der Waals surface area contributed by atoms with E-state index in [0.717, 1.165) is 33.6 Å². The molecule has 33 heavy (non-hydrogen) atoms. The third-order valence-corrected chi connectivity index (χ3v) is 5.95. The Hall–Kier alpha value is -3.90. The highest BCUT2D eigenvalue weighted by molar-refractivity contribution is 6.05. The highest BCUT2D eigenvalue weighted by Gasteiger charge is 2.30. The van der Waals surface area contributed by atoms with Crippen molar-refractivity contribution in [1.82, 2.24) is 4.90 Å². The van der Waals surface area contributed by atoms with Gasteiger partial charge in [0, 0.05) is 31.7 Å². The largest absolute Gasteiger partial charge is 0.481 e. The molecule has 0 spiro atoms. The standard InChI is InChI=1S/C27H27N3O3/c1-18-16-30(25(15-26(31)32)22-8-4-3-7-21(18)22)17-19-11-13-20(14-12-19)27(33)29-24-10-6-5-9-23(24)28-2/h3-14,25,28H,1,15-17H2,2H3,(H,29,33)(H,31,32). The molecular weight excluding hydrogens is 414 g/mol.